The molecule has 1 aliphatic carbocycles. The SMILES string of the molecule is CC(=O)c1ccc(SCC2CCCC2)cc1N. The molecule has 0 aliphatic heterocycles. The molecule has 0 aromatic heterocycles. The van der Waals surface area contributed by atoms with Crippen molar-refractivity contribution in [3.63, 3.8) is 0 Å². The molecule has 1 aromatic rings. The third-order valence-electron chi connectivity index (χ3n) is 3.36. The molecular formula is C14H19NOS. The molecule has 0 spiro atoms. The zero-order chi connectivity index (χ0) is 12.3. The topological polar surface area (TPSA) is 43.1 Å². The van der Waals surface area contributed by atoms with Gasteiger partial charge in [0, 0.05) is 21.9 Å². The van der Waals surface area contributed by atoms with Gasteiger partial charge in [-0.25, -0.2) is 0 Å². The average Bonchev–Trinajstić information content (AvgIpc) is 2.78. The van der Waals surface area contributed by atoms with Crippen molar-refractivity contribution >= 4 is 23.2 Å². The molecule has 0 bridgehead atoms. The van der Waals surface area contributed by atoms with Crippen molar-refractivity contribution in [2.24, 2.45) is 5.92 Å². The third-order valence-corrected chi connectivity index (χ3v) is 4.59. The van der Waals surface area contributed by atoms with E-state index in [0.29, 0.717) is 11.3 Å². The number of nitrogens with two attached hydrogens (primary N) is 1. The minimum atomic E-state index is 0.0369. The van der Waals surface area contributed by atoms with Crippen molar-refractivity contribution in [2.45, 2.75) is 37.5 Å². The number of thioether (sulfide) groups is 1. The minimum Gasteiger partial charge on any atom is -0.398 e. The Morgan fingerprint density at radius 2 is 2.12 bits per heavy atom. The molecule has 1 fully saturated rings. The van der Waals surface area contributed by atoms with Crippen LogP contribution in [0, 0.1) is 5.92 Å². The highest BCUT2D eigenvalue weighted by atomic mass is 32.2. The second-order valence-electron chi connectivity index (χ2n) is 4.77. The number of benzene rings is 1. The van der Waals surface area contributed by atoms with Gasteiger partial charge in [0.15, 0.2) is 5.78 Å². The second-order valence-corrected chi connectivity index (χ2v) is 5.86. The van der Waals surface area contributed by atoms with Crippen LogP contribution in [0.5, 0.6) is 0 Å². The number of Topliss-reactive ketones (excluding diaryl/α,β-unsaturated/α-hetero) is 1. The molecule has 1 aromatic carbocycles. The molecule has 2 nitrogen and oxygen atoms in total. The van der Waals surface area contributed by atoms with Gasteiger partial charge in [-0.3, -0.25) is 4.79 Å². The van der Waals surface area contributed by atoms with Gasteiger partial charge in [-0.05, 0) is 43.9 Å². The number of hydrogen-bond acceptors (Lipinski definition) is 3. The number of hydrogen-bond donors (Lipinski definition) is 1. The first-order valence-corrected chi connectivity index (χ1v) is 7.18. The van der Waals surface area contributed by atoms with Gasteiger partial charge in [-0.1, -0.05) is 12.8 Å². The summed E-state index contributed by atoms with van der Waals surface area (Å²) in [6, 6.07) is 5.78. The zero-order valence-electron chi connectivity index (χ0n) is 10.2. The average molecular weight is 249 g/mol. The molecule has 1 saturated carbocycles. The van der Waals surface area contributed by atoms with Crippen molar-refractivity contribution in [2.75, 3.05) is 11.5 Å². The highest BCUT2D eigenvalue weighted by molar-refractivity contribution is 7.99. The number of anilines is 1. The van der Waals surface area contributed by atoms with Crippen LogP contribution in [0.2, 0.25) is 0 Å². The van der Waals surface area contributed by atoms with Crippen molar-refractivity contribution in [3.05, 3.63) is 23.8 Å². The fraction of sp³-hybridized carbons (Fsp3) is 0.500. The Labute approximate surface area is 107 Å². The van der Waals surface area contributed by atoms with E-state index in [-0.39, 0.29) is 5.78 Å². The normalized spacial score (nSPS) is 16.3. The number of carbonyl (C=O) groups excluding carboxylic acids is 1. The van der Waals surface area contributed by atoms with E-state index >= 15 is 0 Å². The standard InChI is InChI=1S/C14H19NOS/c1-10(16)13-7-6-12(8-14(13)15)17-9-11-4-2-3-5-11/h6-8,11H,2-5,9,15H2,1H3. The maximum atomic E-state index is 11.3. The minimum absolute atomic E-state index is 0.0369. The predicted molar refractivity (Wildman–Crippen MR) is 73.5 cm³/mol. The number of ketones is 1. The predicted octanol–water partition coefficient (Wildman–Crippen LogP) is 3.75. The van der Waals surface area contributed by atoms with Gasteiger partial charge >= 0.3 is 0 Å². The summed E-state index contributed by atoms with van der Waals surface area (Å²) in [7, 11) is 0. The van der Waals surface area contributed by atoms with Crippen molar-refractivity contribution < 1.29 is 4.79 Å². The van der Waals surface area contributed by atoms with Crippen LogP contribution in [0.15, 0.2) is 23.1 Å². The van der Waals surface area contributed by atoms with Crippen molar-refractivity contribution in [1.82, 2.24) is 0 Å². The van der Waals surface area contributed by atoms with E-state index in [0.717, 1.165) is 5.92 Å². The van der Waals surface area contributed by atoms with E-state index in [1.54, 1.807) is 6.92 Å². The maximum Gasteiger partial charge on any atom is 0.161 e. The van der Waals surface area contributed by atoms with Crippen LogP contribution in [-0.4, -0.2) is 11.5 Å². The Hall–Kier alpha value is -0.960. The van der Waals surface area contributed by atoms with Crippen LogP contribution >= 0.6 is 11.8 Å². The highest BCUT2D eigenvalue weighted by Gasteiger charge is 2.15. The molecule has 0 heterocycles. The summed E-state index contributed by atoms with van der Waals surface area (Å²) in [6.45, 7) is 1.55. The number of nitrogen functional groups attached to an aromatic ring is 1. The van der Waals surface area contributed by atoms with Crippen LogP contribution < -0.4 is 5.73 Å². The Kier molecular flexibility index (Phi) is 4.11. The third kappa shape index (κ3) is 3.25. The maximum absolute atomic E-state index is 11.3. The molecule has 1 aliphatic rings. The van der Waals surface area contributed by atoms with Crippen LogP contribution in [0.4, 0.5) is 5.69 Å². The Bertz CT molecular complexity index is 411. The molecule has 2 N–H and O–H groups in total. The van der Waals surface area contributed by atoms with E-state index in [1.807, 2.05) is 30.0 Å². The first kappa shape index (κ1) is 12.5. The molecule has 0 radical (unpaired) electrons. The first-order valence-electron chi connectivity index (χ1n) is 6.20. The van der Waals surface area contributed by atoms with Gasteiger partial charge < -0.3 is 5.73 Å². The molecule has 0 saturated heterocycles. The van der Waals surface area contributed by atoms with Crippen LogP contribution in [0.3, 0.4) is 0 Å². The highest BCUT2D eigenvalue weighted by Crippen LogP contribution is 2.32. The Morgan fingerprint density at radius 1 is 1.41 bits per heavy atom. The first-order chi connectivity index (χ1) is 8.16. The van der Waals surface area contributed by atoms with Gasteiger partial charge in [-0.15, -0.1) is 11.8 Å². The summed E-state index contributed by atoms with van der Waals surface area (Å²) >= 11 is 1.86. The molecular weight excluding hydrogens is 230 g/mol. The second kappa shape index (κ2) is 5.58. The van der Waals surface area contributed by atoms with Crippen molar-refractivity contribution in [3.8, 4) is 0 Å². The Balaban J connectivity index is 1.97. The molecule has 0 amide bonds. The summed E-state index contributed by atoms with van der Waals surface area (Å²) in [5.41, 5.74) is 7.11. The Morgan fingerprint density at radius 3 is 2.71 bits per heavy atom. The van der Waals surface area contributed by atoms with Gasteiger partial charge in [-0.2, -0.15) is 0 Å². The summed E-state index contributed by atoms with van der Waals surface area (Å²) in [5.74, 6) is 2.09. The van der Waals surface area contributed by atoms with Gasteiger partial charge in [0.1, 0.15) is 0 Å². The number of carbonyl (C=O) groups is 1. The fourth-order valence-corrected chi connectivity index (χ4v) is 3.48. The lowest BCUT2D eigenvalue weighted by atomic mass is 10.1. The molecule has 17 heavy (non-hydrogen) atoms. The number of rotatable bonds is 4. The lowest BCUT2D eigenvalue weighted by Gasteiger charge is -2.09. The van der Waals surface area contributed by atoms with Crippen molar-refractivity contribution in [1.29, 1.82) is 0 Å². The van der Waals surface area contributed by atoms with E-state index in [9.17, 15) is 4.79 Å². The smallest absolute Gasteiger partial charge is 0.161 e. The van der Waals surface area contributed by atoms with E-state index < -0.39 is 0 Å². The summed E-state index contributed by atoms with van der Waals surface area (Å²) in [5, 5.41) is 0. The van der Waals surface area contributed by atoms with E-state index in [4.69, 9.17) is 5.73 Å². The molecule has 92 valence electrons. The molecule has 2 rings (SSSR count). The van der Waals surface area contributed by atoms with E-state index in [1.165, 1.54) is 36.3 Å². The lowest BCUT2D eigenvalue weighted by molar-refractivity contribution is 0.101. The van der Waals surface area contributed by atoms with Crippen LogP contribution in [-0.2, 0) is 0 Å². The zero-order valence-corrected chi connectivity index (χ0v) is 11.1. The summed E-state index contributed by atoms with van der Waals surface area (Å²) in [4.78, 5) is 12.4. The summed E-state index contributed by atoms with van der Waals surface area (Å²) in [6.07, 6.45) is 5.51. The van der Waals surface area contributed by atoms with Crippen LogP contribution in [0.1, 0.15) is 43.0 Å². The quantitative estimate of drug-likeness (QED) is 0.502. The van der Waals surface area contributed by atoms with Gasteiger partial charge in [0.25, 0.3) is 0 Å². The lowest BCUT2D eigenvalue weighted by Crippen LogP contribution is -2.00. The summed E-state index contributed by atoms with van der Waals surface area (Å²) < 4.78 is 0. The van der Waals surface area contributed by atoms with E-state index in [2.05, 4.69) is 0 Å². The van der Waals surface area contributed by atoms with Crippen LogP contribution in [0.25, 0.3) is 0 Å². The fourth-order valence-electron chi connectivity index (χ4n) is 2.34. The van der Waals surface area contributed by atoms with Gasteiger partial charge in [0.05, 0.1) is 0 Å². The molecule has 0 atom stereocenters. The van der Waals surface area contributed by atoms with Gasteiger partial charge in [0.2, 0.25) is 0 Å². The molecule has 3 heteroatoms. The largest absolute Gasteiger partial charge is 0.398 e. The monoisotopic (exact) mass is 249 g/mol. The molecule has 0 unspecified atom stereocenters.